The van der Waals surface area contributed by atoms with E-state index in [1.165, 1.54) is 74.6 Å². The van der Waals surface area contributed by atoms with Gasteiger partial charge in [0.1, 0.15) is 0 Å². The van der Waals surface area contributed by atoms with Gasteiger partial charge in [-0.1, -0.05) is 31.0 Å². The first-order valence-electron chi connectivity index (χ1n) is 10.5. The molecule has 1 aliphatic rings. The molecule has 2 heterocycles. The molecular formula is C22H34N4O. The highest BCUT2D eigenvalue weighted by atomic mass is 16.1. The molecule has 1 saturated heterocycles. The number of benzene rings is 1. The standard InChI is InChI=1S/C22H34N4O/c23-22(27)11-16-26-18-19(20-9-3-4-10-21(20)26)17-24-12-5-8-15-25-13-6-1-2-7-14-25/h3-4,9-10,18,24H,1-2,5-8,11-17H2,(H2,23,27). The van der Waals surface area contributed by atoms with E-state index in [4.69, 9.17) is 5.73 Å². The number of likely N-dealkylation sites (tertiary alicyclic amines) is 1. The maximum absolute atomic E-state index is 11.1. The van der Waals surface area contributed by atoms with Gasteiger partial charge in [-0.05, 0) is 63.5 Å². The summed E-state index contributed by atoms with van der Waals surface area (Å²) < 4.78 is 2.15. The number of hydrogen-bond acceptors (Lipinski definition) is 3. The number of nitrogens with zero attached hydrogens (tertiary/aromatic N) is 2. The van der Waals surface area contributed by atoms with E-state index in [2.05, 4.69) is 39.2 Å². The second kappa shape index (κ2) is 10.5. The summed E-state index contributed by atoms with van der Waals surface area (Å²) in [5.74, 6) is -0.253. The highest BCUT2D eigenvalue weighted by Crippen LogP contribution is 2.21. The zero-order valence-electron chi connectivity index (χ0n) is 16.5. The van der Waals surface area contributed by atoms with Crippen molar-refractivity contribution >= 4 is 16.8 Å². The number of rotatable bonds is 10. The third kappa shape index (κ3) is 6.08. The molecule has 148 valence electrons. The molecule has 1 aromatic heterocycles. The van der Waals surface area contributed by atoms with Crippen LogP contribution in [0.4, 0.5) is 0 Å². The number of carbonyl (C=O) groups is 1. The first kappa shape index (κ1) is 19.9. The number of nitrogens with two attached hydrogens (primary N) is 1. The summed E-state index contributed by atoms with van der Waals surface area (Å²) >= 11 is 0. The van der Waals surface area contributed by atoms with Crippen LogP contribution in [0.25, 0.3) is 10.9 Å². The molecule has 2 aromatic rings. The third-order valence-electron chi connectivity index (χ3n) is 5.56. The van der Waals surface area contributed by atoms with Gasteiger partial charge in [-0.15, -0.1) is 0 Å². The number of fused-ring (bicyclic) bond motifs is 1. The molecule has 27 heavy (non-hydrogen) atoms. The van der Waals surface area contributed by atoms with E-state index in [1.807, 2.05) is 6.07 Å². The fraction of sp³-hybridized carbons (Fsp3) is 0.591. The van der Waals surface area contributed by atoms with E-state index in [0.717, 1.165) is 13.1 Å². The minimum Gasteiger partial charge on any atom is -0.370 e. The number of aryl methyl sites for hydroxylation is 1. The summed E-state index contributed by atoms with van der Waals surface area (Å²) in [5, 5.41) is 4.86. The van der Waals surface area contributed by atoms with Crippen LogP contribution in [0.15, 0.2) is 30.5 Å². The van der Waals surface area contributed by atoms with Gasteiger partial charge in [0.2, 0.25) is 5.91 Å². The molecule has 1 aliphatic heterocycles. The number of para-hydroxylation sites is 1. The molecule has 0 unspecified atom stereocenters. The summed E-state index contributed by atoms with van der Waals surface area (Å²) in [5.41, 5.74) is 7.78. The summed E-state index contributed by atoms with van der Waals surface area (Å²) in [7, 11) is 0. The Morgan fingerprint density at radius 3 is 2.59 bits per heavy atom. The fourth-order valence-corrected chi connectivity index (χ4v) is 4.05. The molecule has 1 aromatic carbocycles. The molecule has 3 rings (SSSR count). The van der Waals surface area contributed by atoms with Crippen molar-refractivity contribution in [2.75, 3.05) is 26.2 Å². The number of carbonyl (C=O) groups excluding carboxylic acids is 1. The van der Waals surface area contributed by atoms with Crippen LogP contribution in [0.1, 0.15) is 50.5 Å². The molecule has 5 heteroatoms. The Kier molecular flexibility index (Phi) is 7.72. The number of hydrogen-bond donors (Lipinski definition) is 2. The van der Waals surface area contributed by atoms with E-state index in [9.17, 15) is 4.79 Å². The van der Waals surface area contributed by atoms with Crippen LogP contribution in [0, 0.1) is 0 Å². The molecule has 0 radical (unpaired) electrons. The van der Waals surface area contributed by atoms with Gasteiger partial charge in [0.15, 0.2) is 0 Å². The molecule has 0 spiro atoms. The maximum Gasteiger partial charge on any atom is 0.219 e. The Morgan fingerprint density at radius 2 is 1.81 bits per heavy atom. The Labute approximate surface area is 162 Å². The van der Waals surface area contributed by atoms with Crippen molar-refractivity contribution in [1.29, 1.82) is 0 Å². The SMILES string of the molecule is NC(=O)CCn1cc(CNCCCCN2CCCCCC2)c2ccccc21. The van der Waals surface area contributed by atoms with E-state index < -0.39 is 0 Å². The Morgan fingerprint density at radius 1 is 1.04 bits per heavy atom. The minimum atomic E-state index is -0.253. The van der Waals surface area contributed by atoms with Gasteiger partial charge in [-0.25, -0.2) is 0 Å². The van der Waals surface area contributed by atoms with Crippen LogP contribution >= 0.6 is 0 Å². The Bertz CT molecular complexity index is 716. The van der Waals surface area contributed by atoms with Crippen LogP contribution in [0.5, 0.6) is 0 Å². The van der Waals surface area contributed by atoms with Crippen molar-refractivity contribution in [3.05, 3.63) is 36.0 Å². The first-order chi connectivity index (χ1) is 13.2. The molecule has 0 aliphatic carbocycles. The predicted octanol–water partition coefficient (Wildman–Crippen LogP) is 3.26. The van der Waals surface area contributed by atoms with Gasteiger partial charge >= 0.3 is 0 Å². The number of primary amides is 1. The van der Waals surface area contributed by atoms with Gasteiger partial charge < -0.3 is 20.5 Å². The Hall–Kier alpha value is -1.85. The van der Waals surface area contributed by atoms with Crippen molar-refractivity contribution in [2.45, 2.75) is 58.0 Å². The van der Waals surface area contributed by atoms with Gasteiger partial charge in [0, 0.05) is 36.6 Å². The lowest BCUT2D eigenvalue weighted by atomic mass is 10.2. The van der Waals surface area contributed by atoms with E-state index in [1.54, 1.807) is 0 Å². The average molecular weight is 371 g/mol. The molecule has 5 nitrogen and oxygen atoms in total. The normalized spacial score (nSPS) is 15.9. The predicted molar refractivity (Wildman–Crippen MR) is 112 cm³/mol. The summed E-state index contributed by atoms with van der Waals surface area (Å²) in [6.07, 6.45) is 10.6. The lowest BCUT2D eigenvalue weighted by Crippen LogP contribution is -2.26. The second-order valence-corrected chi connectivity index (χ2v) is 7.72. The molecule has 3 N–H and O–H groups in total. The van der Waals surface area contributed by atoms with Crippen LogP contribution in [0.3, 0.4) is 0 Å². The highest BCUT2D eigenvalue weighted by molar-refractivity contribution is 5.84. The minimum absolute atomic E-state index is 0.253. The quantitative estimate of drug-likeness (QED) is 0.631. The van der Waals surface area contributed by atoms with Gasteiger partial charge in [0.05, 0.1) is 0 Å². The summed E-state index contributed by atoms with van der Waals surface area (Å²) in [4.78, 5) is 13.8. The van der Waals surface area contributed by atoms with Gasteiger partial charge in [-0.3, -0.25) is 4.79 Å². The Balaban J connectivity index is 1.43. The first-order valence-corrected chi connectivity index (χ1v) is 10.5. The van der Waals surface area contributed by atoms with Gasteiger partial charge in [0.25, 0.3) is 0 Å². The average Bonchev–Trinajstić information content (AvgIpc) is 2.83. The van der Waals surface area contributed by atoms with Gasteiger partial charge in [-0.2, -0.15) is 0 Å². The van der Waals surface area contributed by atoms with Crippen molar-refractivity contribution in [1.82, 2.24) is 14.8 Å². The highest BCUT2D eigenvalue weighted by Gasteiger charge is 2.09. The largest absolute Gasteiger partial charge is 0.370 e. The molecule has 1 fully saturated rings. The van der Waals surface area contributed by atoms with E-state index in [0.29, 0.717) is 13.0 Å². The fourth-order valence-electron chi connectivity index (χ4n) is 4.05. The molecule has 0 bridgehead atoms. The van der Waals surface area contributed by atoms with E-state index in [-0.39, 0.29) is 5.91 Å². The zero-order valence-corrected chi connectivity index (χ0v) is 16.5. The number of nitrogens with one attached hydrogen (secondary N) is 1. The van der Waals surface area contributed by atoms with Crippen molar-refractivity contribution in [2.24, 2.45) is 5.73 Å². The monoisotopic (exact) mass is 370 g/mol. The summed E-state index contributed by atoms with van der Waals surface area (Å²) in [6, 6.07) is 8.39. The molecule has 0 saturated carbocycles. The van der Waals surface area contributed by atoms with Crippen LogP contribution in [-0.4, -0.2) is 41.6 Å². The van der Waals surface area contributed by atoms with E-state index >= 15 is 0 Å². The van der Waals surface area contributed by atoms with Crippen molar-refractivity contribution < 1.29 is 4.79 Å². The van der Waals surface area contributed by atoms with Crippen LogP contribution in [-0.2, 0) is 17.9 Å². The van der Waals surface area contributed by atoms with Crippen molar-refractivity contribution in [3.8, 4) is 0 Å². The van der Waals surface area contributed by atoms with Crippen LogP contribution in [0.2, 0.25) is 0 Å². The second-order valence-electron chi connectivity index (χ2n) is 7.72. The topological polar surface area (TPSA) is 63.3 Å². The molecule has 0 atom stereocenters. The zero-order chi connectivity index (χ0) is 18.9. The third-order valence-corrected chi connectivity index (χ3v) is 5.56. The number of unbranched alkanes of at least 4 members (excludes halogenated alkanes) is 1. The number of amides is 1. The molecular weight excluding hydrogens is 336 g/mol. The molecule has 1 amide bonds. The van der Waals surface area contributed by atoms with Crippen LogP contribution < -0.4 is 11.1 Å². The lowest BCUT2D eigenvalue weighted by Gasteiger charge is -2.19. The lowest BCUT2D eigenvalue weighted by molar-refractivity contribution is -0.118. The maximum atomic E-state index is 11.1. The number of aromatic nitrogens is 1. The van der Waals surface area contributed by atoms with Crippen molar-refractivity contribution in [3.63, 3.8) is 0 Å². The summed E-state index contributed by atoms with van der Waals surface area (Å²) in [6.45, 7) is 6.39. The smallest absolute Gasteiger partial charge is 0.219 e.